The molecule has 0 aliphatic carbocycles. The lowest BCUT2D eigenvalue weighted by Gasteiger charge is -2.09. The minimum Gasteiger partial charge on any atom is -0.383 e. The monoisotopic (exact) mass is 367 g/mol. The van der Waals surface area contributed by atoms with Crippen molar-refractivity contribution >= 4 is 39.4 Å². The third-order valence-electron chi connectivity index (χ3n) is 3.56. The van der Waals surface area contributed by atoms with Gasteiger partial charge in [0.15, 0.2) is 0 Å². The minimum absolute atomic E-state index is 0.0190. The van der Waals surface area contributed by atoms with Crippen LogP contribution in [0.15, 0.2) is 64.4 Å². The van der Waals surface area contributed by atoms with Gasteiger partial charge in [-0.15, -0.1) is 0 Å². The zero-order valence-corrected chi connectivity index (χ0v) is 15.4. The van der Waals surface area contributed by atoms with Crippen LogP contribution in [0.1, 0.15) is 19.4 Å². The van der Waals surface area contributed by atoms with E-state index in [4.69, 9.17) is 5.73 Å². The van der Waals surface area contributed by atoms with E-state index in [9.17, 15) is 4.79 Å². The second-order valence-electron chi connectivity index (χ2n) is 6.04. The predicted octanol–water partition coefficient (Wildman–Crippen LogP) is 4.04. The van der Waals surface area contributed by atoms with Gasteiger partial charge in [0.25, 0.3) is 5.56 Å². The van der Waals surface area contributed by atoms with Gasteiger partial charge in [-0.2, -0.15) is 0 Å². The van der Waals surface area contributed by atoms with Crippen molar-refractivity contribution in [3.8, 4) is 0 Å². The molecule has 26 heavy (non-hydrogen) atoms. The number of hydrogen-bond acceptors (Lipinski definition) is 5. The molecule has 0 radical (unpaired) electrons. The van der Waals surface area contributed by atoms with Crippen molar-refractivity contribution in [2.24, 2.45) is 10.7 Å². The molecule has 0 aliphatic rings. The molecule has 0 bridgehead atoms. The SMILES string of the molecule is CC(C)N=C(N)c1c(Nc2ccc(Nc3ccccc3)cc2)s[nH]c1=O. The highest BCUT2D eigenvalue weighted by molar-refractivity contribution is 7.10. The molecule has 2 aromatic carbocycles. The molecule has 6 nitrogen and oxygen atoms in total. The molecule has 5 N–H and O–H groups in total. The number of nitrogens with one attached hydrogen (secondary N) is 3. The topological polar surface area (TPSA) is 95.3 Å². The Morgan fingerprint density at radius 3 is 2.19 bits per heavy atom. The second-order valence-corrected chi connectivity index (χ2v) is 6.86. The number of aromatic nitrogens is 1. The summed E-state index contributed by atoms with van der Waals surface area (Å²) in [7, 11) is 0. The Morgan fingerprint density at radius 1 is 1.00 bits per heavy atom. The molecule has 1 aromatic heterocycles. The van der Waals surface area contributed by atoms with Gasteiger partial charge >= 0.3 is 0 Å². The fourth-order valence-corrected chi connectivity index (χ4v) is 3.19. The normalized spacial score (nSPS) is 11.6. The van der Waals surface area contributed by atoms with Crippen LogP contribution in [-0.4, -0.2) is 16.3 Å². The molecule has 0 amide bonds. The third kappa shape index (κ3) is 4.31. The third-order valence-corrected chi connectivity index (χ3v) is 4.36. The lowest BCUT2D eigenvalue weighted by atomic mass is 10.2. The van der Waals surface area contributed by atoms with E-state index in [1.165, 1.54) is 11.5 Å². The smallest absolute Gasteiger partial charge is 0.271 e. The zero-order chi connectivity index (χ0) is 18.5. The van der Waals surface area contributed by atoms with Gasteiger partial charge in [0.1, 0.15) is 16.4 Å². The Morgan fingerprint density at radius 2 is 1.58 bits per heavy atom. The number of H-pyrrole nitrogens is 1. The van der Waals surface area contributed by atoms with Crippen LogP contribution in [0, 0.1) is 0 Å². The molecule has 0 atom stereocenters. The van der Waals surface area contributed by atoms with Crippen LogP contribution in [-0.2, 0) is 0 Å². The van der Waals surface area contributed by atoms with E-state index >= 15 is 0 Å². The average molecular weight is 367 g/mol. The molecule has 0 saturated carbocycles. The van der Waals surface area contributed by atoms with Gasteiger partial charge in [0, 0.05) is 23.1 Å². The van der Waals surface area contributed by atoms with E-state index in [0.717, 1.165) is 17.1 Å². The summed E-state index contributed by atoms with van der Waals surface area (Å²) in [5.41, 5.74) is 9.00. The summed E-state index contributed by atoms with van der Waals surface area (Å²) in [4.78, 5) is 16.3. The quantitative estimate of drug-likeness (QED) is 0.391. The summed E-state index contributed by atoms with van der Waals surface area (Å²) in [6.07, 6.45) is 0. The number of nitrogens with zero attached hydrogens (tertiary/aromatic N) is 1. The standard InChI is InChI=1S/C19H21N5OS/c1-12(2)21-17(20)16-18(25)24-26-19(16)23-15-10-8-14(9-11-15)22-13-6-4-3-5-7-13/h3-12,22-23H,1-2H3,(H2,20,21)(H,24,25). The van der Waals surface area contributed by atoms with Crippen molar-refractivity contribution in [3.05, 3.63) is 70.5 Å². The number of aliphatic imine (C=N–C) groups is 1. The minimum atomic E-state index is -0.234. The number of aromatic amines is 1. The van der Waals surface area contributed by atoms with E-state index in [-0.39, 0.29) is 17.4 Å². The predicted molar refractivity (Wildman–Crippen MR) is 110 cm³/mol. The van der Waals surface area contributed by atoms with Crippen molar-refractivity contribution in [3.63, 3.8) is 0 Å². The maximum Gasteiger partial charge on any atom is 0.271 e. The number of benzene rings is 2. The number of rotatable bonds is 6. The van der Waals surface area contributed by atoms with Crippen LogP contribution in [0.25, 0.3) is 0 Å². The number of para-hydroxylation sites is 1. The fourth-order valence-electron chi connectivity index (χ4n) is 2.42. The summed E-state index contributed by atoms with van der Waals surface area (Å²) in [5.74, 6) is 0.243. The van der Waals surface area contributed by atoms with Crippen LogP contribution in [0.2, 0.25) is 0 Å². The molecule has 0 saturated heterocycles. The van der Waals surface area contributed by atoms with Crippen LogP contribution in [0.3, 0.4) is 0 Å². The van der Waals surface area contributed by atoms with Gasteiger partial charge in [0.05, 0.1) is 0 Å². The Hall–Kier alpha value is -3.06. The Bertz CT molecular complexity index is 942. The van der Waals surface area contributed by atoms with Gasteiger partial charge in [-0.1, -0.05) is 18.2 Å². The highest BCUT2D eigenvalue weighted by atomic mass is 32.1. The van der Waals surface area contributed by atoms with Crippen molar-refractivity contribution in [1.82, 2.24) is 4.37 Å². The molecular formula is C19H21N5OS. The summed E-state index contributed by atoms with van der Waals surface area (Å²) in [5, 5.41) is 7.22. The van der Waals surface area contributed by atoms with E-state index in [0.29, 0.717) is 10.6 Å². The van der Waals surface area contributed by atoms with Gasteiger partial charge in [-0.3, -0.25) is 14.2 Å². The molecule has 0 unspecified atom stereocenters. The first-order chi connectivity index (χ1) is 12.5. The van der Waals surface area contributed by atoms with Gasteiger partial charge in [-0.05, 0) is 61.8 Å². The maximum atomic E-state index is 12.1. The highest BCUT2D eigenvalue weighted by Crippen LogP contribution is 2.24. The number of nitrogens with two attached hydrogens (primary N) is 1. The van der Waals surface area contributed by atoms with Crippen LogP contribution < -0.4 is 21.9 Å². The van der Waals surface area contributed by atoms with Crippen molar-refractivity contribution < 1.29 is 0 Å². The van der Waals surface area contributed by atoms with Crippen molar-refractivity contribution in [2.75, 3.05) is 10.6 Å². The van der Waals surface area contributed by atoms with Crippen molar-refractivity contribution in [2.45, 2.75) is 19.9 Å². The maximum absolute atomic E-state index is 12.1. The summed E-state index contributed by atoms with van der Waals surface area (Å²) < 4.78 is 2.71. The number of amidine groups is 1. The number of hydrogen-bond donors (Lipinski definition) is 4. The second kappa shape index (κ2) is 7.88. The van der Waals surface area contributed by atoms with Gasteiger partial charge in [-0.25, -0.2) is 0 Å². The molecule has 0 spiro atoms. The largest absolute Gasteiger partial charge is 0.383 e. The summed E-state index contributed by atoms with van der Waals surface area (Å²) in [6, 6.07) is 17.8. The highest BCUT2D eigenvalue weighted by Gasteiger charge is 2.15. The van der Waals surface area contributed by atoms with Gasteiger partial charge in [0.2, 0.25) is 0 Å². The number of anilines is 4. The first kappa shape index (κ1) is 17.8. The molecule has 3 rings (SSSR count). The molecular weight excluding hydrogens is 346 g/mol. The molecule has 3 aromatic rings. The van der Waals surface area contributed by atoms with E-state index in [1.807, 2.05) is 68.4 Å². The molecule has 0 aliphatic heterocycles. The Labute approximate surface area is 156 Å². The fraction of sp³-hybridized carbons (Fsp3) is 0.158. The zero-order valence-electron chi connectivity index (χ0n) is 14.6. The lowest BCUT2D eigenvalue weighted by Crippen LogP contribution is -2.23. The molecule has 0 fully saturated rings. The Kier molecular flexibility index (Phi) is 5.38. The van der Waals surface area contributed by atoms with Crippen LogP contribution in [0.5, 0.6) is 0 Å². The first-order valence-electron chi connectivity index (χ1n) is 8.27. The van der Waals surface area contributed by atoms with Crippen LogP contribution >= 0.6 is 11.5 Å². The van der Waals surface area contributed by atoms with E-state index in [2.05, 4.69) is 20.0 Å². The average Bonchev–Trinajstić information content (AvgIpc) is 2.97. The molecule has 134 valence electrons. The first-order valence-corrected chi connectivity index (χ1v) is 9.09. The summed E-state index contributed by atoms with van der Waals surface area (Å²) in [6.45, 7) is 3.83. The van der Waals surface area contributed by atoms with Gasteiger partial charge < -0.3 is 16.4 Å². The Balaban J connectivity index is 1.77. The van der Waals surface area contributed by atoms with E-state index < -0.39 is 0 Å². The van der Waals surface area contributed by atoms with Crippen LogP contribution in [0.4, 0.5) is 22.1 Å². The molecule has 1 heterocycles. The molecule has 7 heteroatoms. The summed E-state index contributed by atoms with van der Waals surface area (Å²) >= 11 is 1.21. The lowest BCUT2D eigenvalue weighted by molar-refractivity contribution is 0.834. The van der Waals surface area contributed by atoms with Crippen molar-refractivity contribution in [1.29, 1.82) is 0 Å². The van der Waals surface area contributed by atoms with E-state index in [1.54, 1.807) is 0 Å².